The number of amides is 1. The van der Waals surface area contributed by atoms with E-state index in [4.69, 9.17) is 43.1 Å². The molecule has 2 heterocycles. The molecule has 1 aliphatic rings. The molecule has 2 atom stereocenters. The number of rotatable bonds is 8. The van der Waals surface area contributed by atoms with Crippen molar-refractivity contribution in [3.63, 3.8) is 0 Å². The summed E-state index contributed by atoms with van der Waals surface area (Å²) in [6, 6.07) is 14.4. The Morgan fingerprint density at radius 1 is 1.26 bits per heavy atom. The number of thiol groups is 1. The van der Waals surface area contributed by atoms with E-state index in [9.17, 15) is 4.79 Å². The minimum Gasteiger partial charge on any atom is -0.489 e. The van der Waals surface area contributed by atoms with Crippen LogP contribution in [0.3, 0.4) is 0 Å². The molecule has 1 amide bonds. The first kappa shape index (κ1) is 26.6. The Balaban J connectivity index is 1.44. The first-order valence-electron chi connectivity index (χ1n) is 12.0. The molecule has 0 aliphatic carbocycles. The molecule has 1 saturated heterocycles. The maximum Gasteiger partial charge on any atom is 0.250 e. The highest BCUT2D eigenvalue weighted by Gasteiger charge is 2.21. The van der Waals surface area contributed by atoms with E-state index in [0.717, 1.165) is 18.6 Å². The third-order valence-electron chi connectivity index (χ3n) is 6.28. The van der Waals surface area contributed by atoms with Gasteiger partial charge in [0.1, 0.15) is 36.6 Å². The van der Waals surface area contributed by atoms with Crippen LogP contribution >= 0.6 is 35.8 Å². The monoisotopic (exact) mass is 572 g/mol. The number of nitrogens with one attached hydrogen (secondary N) is 1. The van der Waals surface area contributed by atoms with Gasteiger partial charge in [0.25, 0.3) is 0 Å². The first-order valence-corrected chi connectivity index (χ1v) is 13.2. The Morgan fingerprint density at radius 2 is 2.11 bits per heavy atom. The molecule has 1 aromatic heterocycles. The number of carbonyl (C=O) groups is 1. The number of halogens is 2. The van der Waals surface area contributed by atoms with E-state index in [-0.39, 0.29) is 11.7 Å². The molecule has 0 radical (unpaired) electrons. The van der Waals surface area contributed by atoms with Crippen LogP contribution in [-0.4, -0.2) is 47.9 Å². The zero-order valence-electron chi connectivity index (χ0n) is 20.5. The maximum absolute atomic E-state index is 12.3. The van der Waals surface area contributed by atoms with Crippen LogP contribution in [0.4, 0.5) is 0 Å². The summed E-state index contributed by atoms with van der Waals surface area (Å²) in [5, 5.41) is 4.29. The van der Waals surface area contributed by atoms with Crippen LogP contribution in [0.5, 0.6) is 11.5 Å². The second-order valence-electron chi connectivity index (χ2n) is 8.88. The van der Waals surface area contributed by atoms with Gasteiger partial charge in [0.05, 0.1) is 38.8 Å². The Kier molecular flexibility index (Phi) is 8.01. The predicted molar refractivity (Wildman–Crippen MR) is 150 cm³/mol. The quantitative estimate of drug-likeness (QED) is 0.250. The van der Waals surface area contributed by atoms with Crippen LogP contribution < -0.4 is 20.5 Å². The highest BCUT2D eigenvalue weighted by molar-refractivity contribution is 7.80. The number of ether oxygens (including phenoxy) is 3. The van der Waals surface area contributed by atoms with Crippen LogP contribution in [0.2, 0.25) is 10.0 Å². The summed E-state index contributed by atoms with van der Waals surface area (Å²) in [6.07, 6.45) is 1.10. The Hall–Kier alpha value is -2.95. The molecule has 5 rings (SSSR count). The van der Waals surface area contributed by atoms with Crippen molar-refractivity contribution in [2.24, 2.45) is 5.73 Å². The van der Waals surface area contributed by atoms with Gasteiger partial charge in [-0.25, -0.2) is 4.98 Å². The average Bonchev–Trinajstić information content (AvgIpc) is 3.32. The summed E-state index contributed by atoms with van der Waals surface area (Å²) in [6.45, 7) is 4.43. The average molecular weight is 574 g/mol. The topological polar surface area (TPSA) is 101 Å². The lowest BCUT2D eigenvalue weighted by Gasteiger charge is -2.24. The van der Waals surface area contributed by atoms with Gasteiger partial charge in [0, 0.05) is 29.7 Å². The molecule has 4 aromatic rings. The molecule has 0 spiro atoms. The Labute approximate surface area is 235 Å². The number of hydrogen-bond acceptors (Lipinski definition) is 7. The number of carbonyl (C=O) groups excluding carboxylic acids is 1. The summed E-state index contributed by atoms with van der Waals surface area (Å²) in [7, 11) is 0. The van der Waals surface area contributed by atoms with Crippen molar-refractivity contribution < 1.29 is 19.0 Å². The van der Waals surface area contributed by atoms with Crippen LogP contribution in [0.1, 0.15) is 28.9 Å². The number of hydrogen-bond donors (Lipinski definition) is 3. The Morgan fingerprint density at radius 3 is 2.87 bits per heavy atom. The van der Waals surface area contributed by atoms with Crippen molar-refractivity contribution in [2.75, 3.05) is 26.3 Å². The fraction of sp³-hybridized carbons (Fsp3) is 0.259. The highest BCUT2D eigenvalue weighted by atomic mass is 35.5. The minimum atomic E-state index is -0.630. The number of morpholine rings is 1. The SMILES string of the molecule is C[C@@H](Oc1cc(-n2cnc3cc(Cl)ccc32)cc(C(N)=O)c1S)c1cccc(OC[C@H]2CNCCO2)c1Cl. The van der Waals surface area contributed by atoms with Gasteiger partial charge in [-0.2, -0.15) is 0 Å². The summed E-state index contributed by atoms with van der Waals surface area (Å²) in [4.78, 5) is 17.0. The zero-order chi connectivity index (χ0) is 26.8. The predicted octanol–water partition coefficient (Wildman–Crippen LogP) is 5.23. The summed E-state index contributed by atoms with van der Waals surface area (Å²) < 4.78 is 19.8. The molecule has 11 heteroatoms. The molecule has 3 aromatic carbocycles. The van der Waals surface area contributed by atoms with E-state index in [2.05, 4.69) is 22.9 Å². The highest BCUT2D eigenvalue weighted by Crippen LogP contribution is 2.38. The van der Waals surface area contributed by atoms with Crippen molar-refractivity contribution in [1.82, 2.24) is 14.9 Å². The lowest BCUT2D eigenvalue weighted by atomic mass is 10.1. The fourth-order valence-corrected chi connectivity index (χ4v) is 5.11. The number of benzene rings is 3. The van der Waals surface area contributed by atoms with E-state index < -0.39 is 12.0 Å². The molecule has 0 unspecified atom stereocenters. The van der Waals surface area contributed by atoms with Gasteiger partial charge in [-0.1, -0.05) is 35.3 Å². The second kappa shape index (κ2) is 11.4. The van der Waals surface area contributed by atoms with Crippen molar-refractivity contribution in [1.29, 1.82) is 0 Å². The largest absolute Gasteiger partial charge is 0.489 e. The summed E-state index contributed by atoms with van der Waals surface area (Å²) in [5.41, 5.74) is 8.76. The van der Waals surface area contributed by atoms with Gasteiger partial charge in [-0.05, 0) is 37.3 Å². The molecule has 8 nitrogen and oxygen atoms in total. The zero-order valence-corrected chi connectivity index (χ0v) is 22.9. The maximum atomic E-state index is 12.3. The van der Waals surface area contributed by atoms with Gasteiger partial charge >= 0.3 is 0 Å². The molecular formula is C27H26Cl2N4O4S. The molecule has 0 bridgehead atoms. The molecule has 1 aliphatic heterocycles. The van der Waals surface area contributed by atoms with Crippen molar-refractivity contribution in [2.45, 2.75) is 24.0 Å². The second-order valence-corrected chi connectivity index (χ2v) is 10.1. The van der Waals surface area contributed by atoms with Crippen molar-refractivity contribution in [3.8, 4) is 17.2 Å². The van der Waals surface area contributed by atoms with E-state index in [0.29, 0.717) is 56.4 Å². The molecule has 38 heavy (non-hydrogen) atoms. The van der Waals surface area contributed by atoms with Crippen LogP contribution in [0, 0.1) is 0 Å². The van der Waals surface area contributed by atoms with Crippen molar-refractivity contribution in [3.05, 3.63) is 76.0 Å². The summed E-state index contributed by atoms with van der Waals surface area (Å²) in [5.74, 6) is 0.275. The first-order chi connectivity index (χ1) is 18.3. The number of aromatic nitrogens is 2. The van der Waals surface area contributed by atoms with Gasteiger partial charge < -0.3 is 25.3 Å². The number of fused-ring (bicyclic) bond motifs is 1. The van der Waals surface area contributed by atoms with E-state index in [1.807, 2.05) is 29.7 Å². The van der Waals surface area contributed by atoms with Gasteiger partial charge in [-0.3, -0.25) is 9.36 Å². The molecule has 198 valence electrons. The summed E-state index contributed by atoms with van der Waals surface area (Å²) >= 11 is 17.4. The molecule has 3 N–H and O–H groups in total. The smallest absolute Gasteiger partial charge is 0.250 e. The third-order valence-corrected chi connectivity index (χ3v) is 7.38. The van der Waals surface area contributed by atoms with Crippen LogP contribution in [-0.2, 0) is 4.74 Å². The van der Waals surface area contributed by atoms with Crippen LogP contribution in [0.25, 0.3) is 16.7 Å². The number of primary amides is 1. The van der Waals surface area contributed by atoms with Crippen LogP contribution in [0.15, 0.2) is 59.8 Å². The van der Waals surface area contributed by atoms with Crippen molar-refractivity contribution >= 4 is 52.8 Å². The number of nitrogens with zero attached hydrogens (tertiary/aromatic N) is 2. The Bertz CT molecular complexity index is 1490. The van der Waals surface area contributed by atoms with E-state index in [1.54, 1.807) is 36.7 Å². The molecular weight excluding hydrogens is 547 g/mol. The fourth-order valence-electron chi connectivity index (χ4n) is 4.32. The number of nitrogens with two attached hydrogens (primary N) is 1. The van der Waals surface area contributed by atoms with E-state index >= 15 is 0 Å². The normalized spacial score (nSPS) is 16.4. The van der Waals surface area contributed by atoms with E-state index in [1.165, 1.54) is 0 Å². The number of imidazole rings is 1. The van der Waals surface area contributed by atoms with Gasteiger partial charge in [0.2, 0.25) is 5.91 Å². The molecule has 0 saturated carbocycles. The lowest BCUT2D eigenvalue weighted by Crippen LogP contribution is -2.41. The third kappa shape index (κ3) is 5.57. The minimum absolute atomic E-state index is 0.0471. The lowest BCUT2D eigenvalue weighted by molar-refractivity contribution is 0.000180. The molecule has 1 fully saturated rings. The van der Waals surface area contributed by atoms with Gasteiger partial charge in [0.15, 0.2) is 0 Å². The van der Waals surface area contributed by atoms with Gasteiger partial charge in [-0.15, -0.1) is 12.6 Å². The standard InChI is InChI=1S/C27H26Cl2N4O4S/c1-15(19-3-2-4-23(25(19)29)36-13-18-12-31-7-8-35-18)37-24-11-17(10-20(26(24)38)27(30)34)33-14-32-21-9-16(28)5-6-22(21)33/h2-6,9-11,14-15,18,31,38H,7-8,12-13H2,1H3,(H2,30,34)/t15-,18-/m1/s1.